The Bertz CT molecular complexity index is 656. The maximum atomic E-state index is 12.6. The van der Waals surface area contributed by atoms with Crippen molar-refractivity contribution in [2.45, 2.75) is 32.8 Å². The maximum Gasteiger partial charge on any atom is 0.253 e. The minimum absolute atomic E-state index is 0.0719. The van der Waals surface area contributed by atoms with Crippen molar-refractivity contribution in [2.75, 3.05) is 13.1 Å². The molecule has 1 N–H and O–H groups in total. The molecular formula is C18H22N2O2S. The third-order valence-corrected chi connectivity index (χ3v) is 5.38. The highest BCUT2D eigenvalue weighted by Crippen LogP contribution is 2.33. The van der Waals surface area contributed by atoms with Crippen molar-refractivity contribution in [3.05, 3.63) is 51.5 Å². The molecule has 0 spiro atoms. The number of aryl methyl sites for hydroxylation is 2. The molecule has 0 aliphatic carbocycles. The third kappa shape index (κ3) is 3.62. The van der Waals surface area contributed by atoms with Crippen LogP contribution in [0.4, 0.5) is 0 Å². The van der Waals surface area contributed by atoms with Crippen LogP contribution >= 0.6 is 11.3 Å². The Balaban J connectivity index is 1.63. The van der Waals surface area contributed by atoms with Crippen molar-refractivity contribution in [3.63, 3.8) is 0 Å². The van der Waals surface area contributed by atoms with E-state index < -0.39 is 6.10 Å². The third-order valence-electron chi connectivity index (χ3n) is 4.44. The van der Waals surface area contributed by atoms with Gasteiger partial charge in [0.25, 0.3) is 5.91 Å². The molecule has 1 fully saturated rings. The van der Waals surface area contributed by atoms with Crippen LogP contribution in [-0.4, -0.2) is 34.0 Å². The van der Waals surface area contributed by atoms with E-state index in [1.54, 1.807) is 11.3 Å². The number of hydrogen-bond acceptors (Lipinski definition) is 4. The minimum Gasteiger partial charge on any atom is -0.387 e. The summed E-state index contributed by atoms with van der Waals surface area (Å²) in [6.45, 7) is 5.22. The molecule has 2 aromatic rings. The van der Waals surface area contributed by atoms with Crippen LogP contribution in [0.1, 0.15) is 45.6 Å². The largest absolute Gasteiger partial charge is 0.387 e. The average Bonchev–Trinajstić information content (AvgIpc) is 3.07. The standard InChI is InChI=1S/C18H22N2O2S/c1-12-10-15(11-13(2)19-12)18(22)20-7-5-14(6-8-20)17(21)16-4-3-9-23-16/h3-4,9-11,14,17,21H,5-8H2,1-2H3/t17-/m1/s1. The van der Waals surface area contributed by atoms with Gasteiger partial charge in [0.05, 0.1) is 6.10 Å². The molecule has 0 radical (unpaired) electrons. The van der Waals surface area contributed by atoms with Crippen molar-refractivity contribution >= 4 is 17.2 Å². The van der Waals surface area contributed by atoms with Crippen LogP contribution < -0.4 is 0 Å². The number of carbonyl (C=O) groups excluding carboxylic acids is 1. The first-order valence-electron chi connectivity index (χ1n) is 8.00. The van der Waals surface area contributed by atoms with Gasteiger partial charge in [0, 0.05) is 34.9 Å². The van der Waals surface area contributed by atoms with Gasteiger partial charge in [-0.2, -0.15) is 0 Å². The molecule has 3 rings (SSSR count). The summed E-state index contributed by atoms with van der Waals surface area (Å²) < 4.78 is 0. The van der Waals surface area contributed by atoms with E-state index in [1.807, 2.05) is 48.4 Å². The Kier molecular flexibility index (Phi) is 4.78. The Morgan fingerprint density at radius 1 is 1.30 bits per heavy atom. The van der Waals surface area contributed by atoms with Crippen molar-refractivity contribution in [3.8, 4) is 0 Å². The number of aliphatic hydroxyl groups is 1. The molecule has 1 amide bonds. The highest BCUT2D eigenvalue weighted by Gasteiger charge is 2.29. The number of pyridine rings is 1. The fraction of sp³-hybridized carbons (Fsp3) is 0.444. The number of hydrogen-bond donors (Lipinski definition) is 1. The molecule has 23 heavy (non-hydrogen) atoms. The molecule has 1 atom stereocenters. The van der Waals surface area contributed by atoms with E-state index in [4.69, 9.17) is 0 Å². The summed E-state index contributed by atoms with van der Waals surface area (Å²) in [5.74, 6) is 0.307. The summed E-state index contributed by atoms with van der Waals surface area (Å²) in [7, 11) is 0. The van der Waals surface area contributed by atoms with Crippen molar-refractivity contribution < 1.29 is 9.90 Å². The van der Waals surface area contributed by atoms with Gasteiger partial charge in [0.15, 0.2) is 0 Å². The van der Waals surface area contributed by atoms with Gasteiger partial charge in [-0.05, 0) is 56.2 Å². The van der Waals surface area contributed by atoms with Crippen LogP contribution in [0.25, 0.3) is 0 Å². The molecule has 1 aliphatic rings. The number of aliphatic hydroxyl groups excluding tert-OH is 1. The molecular weight excluding hydrogens is 308 g/mol. The molecule has 0 saturated carbocycles. The lowest BCUT2D eigenvalue weighted by Crippen LogP contribution is -2.39. The van der Waals surface area contributed by atoms with Gasteiger partial charge in [-0.1, -0.05) is 6.07 Å². The number of amides is 1. The molecule has 1 aliphatic heterocycles. The van der Waals surface area contributed by atoms with Gasteiger partial charge in [0.1, 0.15) is 0 Å². The Morgan fingerprint density at radius 3 is 2.52 bits per heavy atom. The second-order valence-corrected chi connectivity index (χ2v) is 7.21. The zero-order valence-corrected chi connectivity index (χ0v) is 14.3. The van der Waals surface area contributed by atoms with Gasteiger partial charge in [-0.3, -0.25) is 9.78 Å². The first kappa shape index (κ1) is 16.1. The van der Waals surface area contributed by atoms with Gasteiger partial charge in [-0.25, -0.2) is 0 Å². The second kappa shape index (κ2) is 6.81. The topological polar surface area (TPSA) is 53.4 Å². The van der Waals surface area contributed by atoms with Crippen LogP contribution in [0.5, 0.6) is 0 Å². The highest BCUT2D eigenvalue weighted by atomic mass is 32.1. The zero-order valence-electron chi connectivity index (χ0n) is 13.5. The maximum absolute atomic E-state index is 12.6. The summed E-state index contributed by atoms with van der Waals surface area (Å²) >= 11 is 1.59. The van der Waals surface area contributed by atoms with Crippen LogP contribution in [0.3, 0.4) is 0 Å². The van der Waals surface area contributed by atoms with E-state index in [0.717, 1.165) is 29.1 Å². The van der Waals surface area contributed by atoms with Crippen LogP contribution in [0.15, 0.2) is 29.6 Å². The van der Waals surface area contributed by atoms with Gasteiger partial charge in [-0.15, -0.1) is 11.3 Å². The zero-order chi connectivity index (χ0) is 16.4. The summed E-state index contributed by atoms with van der Waals surface area (Å²) in [6, 6.07) is 7.65. The summed E-state index contributed by atoms with van der Waals surface area (Å²) in [4.78, 5) is 19.9. The lowest BCUT2D eigenvalue weighted by molar-refractivity contribution is 0.0474. The van der Waals surface area contributed by atoms with Crippen molar-refractivity contribution in [2.24, 2.45) is 5.92 Å². The quantitative estimate of drug-likeness (QED) is 0.939. The number of rotatable bonds is 3. The SMILES string of the molecule is Cc1cc(C(=O)N2CCC([C@@H](O)c3cccs3)CC2)cc(C)n1. The fourth-order valence-electron chi connectivity index (χ4n) is 3.25. The van der Waals surface area contributed by atoms with E-state index in [2.05, 4.69) is 4.98 Å². The first-order chi connectivity index (χ1) is 11.0. The Morgan fingerprint density at radius 2 is 1.96 bits per heavy atom. The van der Waals surface area contributed by atoms with Crippen LogP contribution in [0, 0.1) is 19.8 Å². The Labute approximate surface area is 140 Å². The summed E-state index contributed by atoms with van der Waals surface area (Å²) in [6.07, 6.45) is 1.28. The van der Waals surface area contributed by atoms with Gasteiger partial charge >= 0.3 is 0 Å². The molecule has 5 heteroatoms. The van der Waals surface area contributed by atoms with E-state index in [1.165, 1.54) is 0 Å². The molecule has 0 bridgehead atoms. The average molecular weight is 330 g/mol. The molecule has 122 valence electrons. The Hall–Kier alpha value is -1.72. The van der Waals surface area contributed by atoms with Gasteiger partial charge in [0.2, 0.25) is 0 Å². The van der Waals surface area contributed by atoms with Gasteiger partial charge < -0.3 is 10.0 Å². The molecule has 1 saturated heterocycles. The number of likely N-dealkylation sites (tertiary alicyclic amines) is 1. The monoisotopic (exact) mass is 330 g/mol. The fourth-order valence-corrected chi connectivity index (χ4v) is 4.05. The second-order valence-electron chi connectivity index (χ2n) is 6.23. The summed E-state index contributed by atoms with van der Waals surface area (Å²) in [5, 5.41) is 12.4. The minimum atomic E-state index is -0.405. The molecule has 3 heterocycles. The first-order valence-corrected chi connectivity index (χ1v) is 8.88. The summed E-state index contributed by atoms with van der Waals surface area (Å²) in [5.41, 5.74) is 2.46. The number of nitrogens with zero attached hydrogens (tertiary/aromatic N) is 2. The molecule has 0 aromatic carbocycles. The molecule has 2 aromatic heterocycles. The number of aromatic nitrogens is 1. The van der Waals surface area contributed by atoms with E-state index >= 15 is 0 Å². The normalized spacial score (nSPS) is 17.3. The van der Waals surface area contributed by atoms with Crippen molar-refractivity contribution in [1.82, 2.24) is 9.88 Å². The lowest BCUT2D eigenvalue weighted by atomic mass is 9.90. The smallest absolute Gasteiger partial charge is 0.253 e. The predicted octanol–water partition coefficient (Wildman–Crippen LogP) is 3.35. The van der Waals surface area contributed by atoms with Crippen molar-refractivity contribution in [1.29, 1.82) is 0 Å². The highest BCUT2D eigenvalue weighted by molar-refractivity contribution is 7.10. The van der Waals surface area contributed by atoms with E-state index in [9.17, 15) is 9.90 Å². The number of piperidine rings is 1. The van der Waals surface area contributed by atoms with E-state index in [-0.39, 0.29) is 11.8 Å². The molecule has 0 unspecified atom stereocenters. The van der Waals surface area contributed by atoms with Crippen LogP contribution in [-0.2, 0) is 0 Å². The number of carbonyl (C=O) groups is 1. The predicted molar refractivity (Wildman–Crippen MR) is 91.6 cm³/mol. The molecule has 4 nitrogen and oxygen atoms in total. The lowest BCUT2D eigenvalue weighted by Gasteiger charge is -2.34. The number of thiophene rings is 1. The van der Waals surface area contributed by atoms with Crippen LogP contribution in [0.2, 0.25) is 0 Å². The van der Waals surface area contributed by atoms with E-state index in [0.29, 0.717) is 18.7 Å².